The summed E-state index contributed by atoms with van der Waals surface area (Å²) in [6.45, 7) is 5.00. The molecule has 2 amide bonds. The van der Waals surface area contributed by atoms with E-state index < -0.39 is 0 Å². The lowest BCUT2D eigenvalue weighted by Crippen LogP contribution is -2.32. The van der Waals surface area contributed by atoms with E-state index in [2.05, 4.69) is 12.2 Å². The summed E-state index contributed by atoms with van der Waals surface area (Å²) < 4.78 is 0. The van der Waals surface area contributed by atoms with Crippen LogP contribution in [0.4, 0.5) is 0 Å². The van der Waals surface area contributed by atoms with Crippen molar-refractivity contribution in [2.45, 2.75) is 45.4 Å². The zero-order valence-corrected chi connectivity index (χ0v) is 12.0. The van der Waals surface area contributed by atoms with E-state index in [0.717, 1.165) is 38.8 Å². The monoisotopic (exact) mass is 269 g/mol. The van der Waals surface area contributed by atoms with Crippen LogP contribution in [0, 0.1) is 5.92 Å². The highest BCUT2D eigenvalue weighted by Gasteiger charge is 2.17. The van der Waals surface area contributed by atoms with Gasteiger partial charge in [0.15, 0.2) is 0 Å². The van der Waals surface area contributed by atoms with Gasteiger partial charge in [0, 0.05) is 32.5 Å². The molecule has 0 aromatic heterocycles. The topological polar surface area (TPSA) is 75.4 Å². The average molecular weight is 269 g/mol. The van der Waals surface area contributed by atoms with E-state index in [4.69, 9.17) is 5.73 Å². The van der Waals surface area contributed by atoms with Gasteiger partial charge in [-0.3, -0.25) is 9.59 Å². The molecule has 1 aliphatic heterocycles. The summed E-state index contributed by atoms with van der Waals surface area (Å²) in [6, 6.07) is 0. The SMILES string of the molecule is CC(CCN)CCC(=O)NCCC(=O)N1CCCC1. The first-order chi connectivity index (χ1) is 9.13. The Balaban J connectivity index is 2.04. The van der Waals surface area contributed by atoms with Gasteiger partial charge in [0.05, 0.1) is 0 Å². The van der Waals surface area contributed by atoms with Crippen molar-refractivity contribution in [2.24, 2.45) is 11.7 Å². The first-order valence-electron chi connectivity index (χ1n) is 7.38. The summed E-state index contributed by atoms with van der Waals surface area (Å²) in [7, 11) is 0. The maximum absolute atomic E-state index is 11.7. The number of nitrogens with zero attached hydrogens (tertiary/aromatic N) is 1. The van der Waals surface area contributed by atoms with Gasteiger partial charge in [-0.25, -0.2) is 0 Å². The number of likely N-dealkylation sites (tertiary alicyclic amines) is 1. The molecule has 5 nitrogen and oxygen atoms in total. The summed E-state index contributed by atoms with van der Waals surface area (Å²) in [5.74, 6) is 0.689. The van der Waals surface area contributed by atoms with E-state index >= 15 is 0 Å². The molecule has 0 radical (unpaired) electrons. The van der Waals surface area contributed by atoms with Gasteiger partial charge in [-0.15, -0.1) is 0 Å². The van der Waals surface area contributed by atoms with E-state index in [1.54, 1.807) is 0 Å². The van der Waals surface area contributed by atoms with Crippen molar-refractivity contribution < 1.29 is 9.59 Å². The molecular formula is C14H27N3O2. The number of hydrogen-bond donors (Lipinski definition) is 2. The standard InChI is InChI=1S/C14H27N3O2/c1-12(6-8-15)4-5-13(18)16-9-7-14(19)17-10-2-3-11-17/h12H,2-11,15H2,1H3,(H,16,18). The maximum atomic E-state index is 11.7. The Morgan fingerprint density at radius 1 is 1.21 bits per heavy atom. The molecule has 3 N–H and O–H groups in total. The zero-order chi connectivity index (χ0) is 14.1. The number of nitrogens with two attached hydrogens (primary N) is 1. The number of rotatable bonds is 8. The fourth-order valence-electron chi connectivity index (χ4n) is 2.33. The summed E-state index contributed by atoms with van der Waals surface area (Å²) in [4.78, 5) is 25.2. The minimum Gasteiger partial charge on any atom is -0.356 e. The third-order valence-corrected chi connectivity index (χ3v) is 3.64. The molecule has 0 bridgehead atoms. The zero-order valence-electron chi connectivity index (χ0n) is 12.0. The van der Waals surface area contributed by atoms with E-state index in [1.807, 2.05) is 4.90 Å². The fraction of sp³-hybridized carbons (Fsp3) is 0.857. The molecular weight excluding hydrogens is 242 g/mol. The molecule has 0 aromatic carbocycles. The number of hydrogen-bond acceptors (Lipinski definition) is 3. The maximum Gasteiger partial charge on any atom is 0.224 e. The molecule has 5 heteroatoms. The van der Waals surface area contributed by atoms with Crippen LogP contribution in [0.1, 0.15) is 45.4 Å². The highest BCUT2D eigenvalue weighted by molar-refractivity contribution is 5.79. The quantitative estimate of drug-likeness (QED) is 0.687. The molecule has 1 heterocycles. The lowest BCUT2D eigenvalue weighted by Gasteiger charge is -2.15. The van der Waals surface area contributed by atoms with Crippen molar-refractivity contribution in [3.05, 3.63) is 0 Å². The Morgan fingerprint density at radius 2 is 1.89 bits per heavy atom. The average Bonchev–Trinajstić information content (AvgIpc) is 2.90. The van der Waals surface area contributed by atoms with Gasteiger partial charge in [-0.2, -0.15) is 0 Å². The number of carbonyl (C=O) groups is 2. The Bertz CT molecular complexity index is 288. The van der Waals surface area contributed by atoms with Crippen LogP contribution in [-0.2, 0) is 9.59 Å². The molecule has 1 atom stereocenters. The van der Waals surface area contributed by atoms with Crippen molar-refractivity contribution in [1.29, 1.82) is 0 Å². The third-order valence-electron chi connectivity index (χ3n) is 3.64. The Hall–Kier alpha value is -1.10. The predicted octanol–water partition coefficient (Wildman–Crippen LogP) is 0.880. The molecule has 1 rings (SSSR count). The molecule has 0 spiro atoms. The molecule has 1 fully saturated rings. The van der Waals surface area contributed by atoms with Crippen LogP contribution in [0.5, 0.6) is 0 Å². The summed E-state index contributed by atoms with van der Waals surface area (Å²) >= 11 is 0. The summed E-state index contributed by atoms with van der Waals surface area (Å²) in [5, 5.41) is 2.82. The van der Waals surface area contributed by atoms with Crippen LogP contribution in [-0.4, -0.2) is 42.9 Å². The smallest absolute Gasteiger partial charge is 0.224 e. The van der Waals surface area contributed by atoms with Gasteiger partial charge in [-0.1, -0.05) is 6.92 Å². The Kier molecular flexibility index (Phi) is 7.48. The number of carbonyl (C=O) groups excluding carboxylic acids is 2. The van der Waals surface area contributed by atoms with Crippen LogP contribution in [0.2, 0.25) is 0 Å². The van der Waals surface area contributed by atoms with Crippen LogP contribution in [0.3, 0.4) is 0 Å². The highest BCUT2D eigenvalue weighted by atomic mass is 16.2. The van der Waals surface area contributed by atoms with Crippen LogP contribution >= 0.6 is 0 Å². The molecule has 0 saturated carbocycles. The Morgan fingerprint density at radius 3 is 2.53 bits per heavy atom. The lowest BCUT2D eigenvalue weighted by atomic mass is 10.0. The first kappa shape index (κ1) is 16.0. The highest BCUT2D eigenvalue weighted by Crippen LogP contribution is 2.09. The van der Waals surface area contributed by atoms with Gasteiger partial charge >= 0.3 is 0 Å². The van der Waals surface area contributed by atoms with Crippen LogP contribution in [0.15, 0.2) is 0 Å². The predicted molar refractivity (Wildman–Crippen MR) is 75.5 cm³/mol. The third kappa shape index (κ3) is 6.57. The van der Waals surface area contributed by atoms with Crippen molar-refractivity contribution >= 4 is 11.8 Å². The second kappa shape index (κ2) is 8.91. The van der Waals surface area contributed by atoms with E-state index in [0.29, 0.717) is 31.8 Å². The fourth-order valence-corrected chi connectivity index (χ4v) is 2.33. The van der Waals surface area contributed by atoms with Crippen molar-refractivity contribution in [1.82, 2.24) is 10.2 Å². The van der Waals surface area contributed by atoms with E-state index in [-0.39, 0.29) is 11.8 Å². The van der Waals surface area contributed by atoms with Crippen molar-refractivity contribution in [3.63, 3.8) is 0 Å². The number of amides is 2. The first-order valence-corrected chi connectivity index (χ1v) is 7.38. The second-order valence-electron chi connectivity index (χ2n) is 5.41. The molecule has 1 saturated heterocycles. The van der Waals surface area contributed by atoms with Gasteiger partial charge < -0.3 is 16.0 Å². The van der Waals surface area contributed by atoms with Gasteiger partial charge in [0.25, 0.3) is 0 Å². The molecule has 1 aliphatic rings. The summed E-state index contributed by atoms with van der Waals surface area (Å²) in [6.07, 6.45) is 4.99. The van der Waals surface area contributed by atoms with E-state index in [1.165, 1.54) is 0 Å². The van der Waals surface area contributed by atoms with Gasteiger partial charge in [-0.05, 0) is 38.1 Å². The van der Waals surface area contributed by atoms with E-state index in [9.17, 15) is 9.59 Å². The minimum atomic E-state index is 0.0399. The Labute approximate surface area is 115 Å². The molecule has 1 unspecified atom stereocenters. The molecule has 0 aliphatic carbocycles. The van der Waals surface area contributed by atoms with Crippen LogP contribution in [0.25, 0.3) is 0 Å². The summed E-state index contributed by atoms with van der Waals surface area (Å²) in [5.41, 5.74) is 5.47. The molecule has 110 valence electrons. The lowest BCUT2D eigenvalue weighted by molar-refractivity contribution is -0.130. The van der Waals surface area contributed by atoms with Crippen LogP contribution < -0.4 is 11.1 Å². The minimum absolute atomic E-state index is 0.0399. The normalized spacial score (nSPS) is 16.4. The molecule has 19 heavy (non-hydrogen) atoms. The largest absolute Gasteiger partial charge is 0.356 e. The van der Waals surface area contributed by atoms with Gasteiger partial charge in [0.1, 0.15) is 0 Å². The molecule has 0 aromatic rings. The van der Waals surface area contributed by atoms with Crippen molar-refractivity contribution in [3.8, 4) is 0 Å². The second-order valence-corrected chi connectivity index (χ2v) is 5.41. The van der Waals surface area contributed by atoms with Gasteiger partial charge in [0.2, 0.25) is 11.8 Å². The number of nitrogens with one attached hydrogen (secondary N) is 1. The van der Waals surface area contributed by atoms with Crippen molar-refractivity contribution in [2.75, 3.05) is 26.2 Å².